The molecule has 0 radical (unpaired) electrons. The van der Waals surface area contributed by atoms with Gasteiger partial charge >= 0.3 is 0 Å². The van der Waals surface area contributed by atoms with Crippen LogP contribution in [0.2, 0.25) is 0 Å². The number of amides is 1. The number of nitrogens with zero attached hydrogens (tertiary/aromatic N) is 1. The molecule has 1 atom stereocenters. The maximum absolute atomic E-state index is 11.5. The van der Waals surface area contributed by atoms with Crippen molar-refractivity contribution < 1.29 is 9.53 Å². The maximum atomic E-state index is 11.5. The summed E-state index contributed by atoms with van der Waals surface area (Å²) in [4.78, 5) is 13.6. The molecule has 4 nitrogen and oxygen atoms in total. The molecule has 0 saturated carbocycles. The summed E-state index contributed by atoms with van der Waals surface area (Å²) in [6.07, 6.45) is 0. The van der Waals surface area contributed by atoms with Crippen molar-refractivity contribution in [2.24, 2.45) is 0 Å². The Kier molecular flexibility index (Phi) is 6.39. The Morgan fingerprint density at radius 2 is 2.00 bits per heavy atom. The highest BCUT2D eigenvalue weighted by molar-refractivity contribution is 5.77. The second-order valence-corrected chi connectivity index (χ2v) is 4.33. The van der Waals surface area contributed by atoms with Gasteiger partial charge in [-0.2, -0.15) is 0 Å². The van der Waals surface area contributed by atoms with Crippen LogP contribution < -0.4 is 5.32 Å². The van der Waals surface area contributed by atoms with Gasteiger partial charge in [0.1, 0.15) is 6.61 Å². The molecule has 1 aromatic carbocycles. The summed E-state index contributed by atoms with van der Waals surface area (Å²) >= 11 is 0. The SMILES string of the molecule is CCOCC(=O)NC[C@@H](c1ccccc1)N(C)C. The van der Waals surface area contributed by atoms with Crippen LogP contribution in [0.4, 0.5) is 0 Å². The number of nitrogens with one attached hydrogen (secondary N) is 1. The van der Waals surface area contributed by atoms with Gasteiger partial charge in [0.05, 0.1) is 6.04 Å². The van der Waals surface area contributed by atoms with Gasteiger partial charge in [-0.15, -0.1) is 0 Å². The minimum atomic E-state index is -0.0698. The molecule has 1 aromatic rings. The summed E-state index contributed by atoms with van der Waals surface area (Å²) in [5.74, 6) is -0.0698. The lowest BCUT2D eigenvalue weighted by Crippen LogP contribution is -2.36. The molecule has 100 valence electrons. The van der Waals surface area contributed by atoms with E-state index in [0.29, 0.717) is 13.2 Å². The smallest absolute Gasteiger partial charge is 0.246 e. The molecular formula is C14H22N2O2. The average Bonchev–Trinajstić information content (AvgIpc) is 2.37. The fraction of sp³-hybridized carbons (Fsp3) is 0.500. The van der Waals surface area contributed by atoms with Gasteiger partial charge in [-0.1, -0.05) is 30.3 Å². The summed E-state index contributed by atoms with van der Waals surface area (Å²) in [5, 5.41) is 2.89. The van der Waals surface area contributed by atoms with Gasteiger partial charge in [0.15, 0.2) is 0 Å². The van der Waals surface area contributed by atoms with Gasteiger partial charge in [0.2, 0.25) is 5.91 Å². The molecule has 4 heteroatoms. The molecule has 0 unspecified atom stereocenters. The highest BCUT2D eigenvalue weighted by Crippen LogP contribution is 2.16. The van der Waals surface area contributed by atoms with Crippen molar-refractivity contribution in [1.29, 1.82) is 0 Å². The molecule has 18 heavy (non-hydrogen) atoms. The predicted molar refractivity (Wildman–Crippen MR) is 72.4 cm³/mol. The second kappa shape index (κ2) is 7.84. The molecule has 0 fully saturated rings. The zero-order chi connectivity index (χ0) is 13.4. The third-order valence-corrected chi connectivity index (χ3v) is 2.74. The number of carbonyl (C=O) groups is 1. The van der Waals surface area contributed by atoms with E-state index >= 15 is 0 Å². The minimum absolute atomic E-state index is 0.0698. The van der Waals surface area contributed by atoms with E-state index < -0.39 is 0 Å². The van der Waals surface area contributed by atoms with Crippen molar-refractivity contribution in [3.05, 3.63) is 35.9 Å². The van der Waals surface area contributed by atoms with Crippen LogP contribution in [0.15, 0.2) is 30.3 Å². The van der Waals surface area contributed by atoms with Crippen LogP contribution in [0.25, 0.3) is 0 Å². The van der Waals surface area contributed by atoms with E-state index in [1.165, 1.54) is 5.56 Å². The van der Waals surface area contributed by atoms with Crippen molar-refractivity contribution in [2.45, 2.75) is 13.0 Å². The van der Waals surface area contributed by atoms with Gasteiger partial charge in [-0.05, 0) is 26.6 Å². The van der Waals surface area contributed by atoms with Gasteiger partial charge < -0.3 is 15.0 Å². The van der Waals surface area contributed by atoms with Gasteiger partial charge in [0.25, 0.3) is 0 Å². The van der Waals surface area contributed by atoms with Crippen LogP contribution in [-0.2, 0) is 9.53 Å². The fourth-order valence-electron chi connectivity index (χ4n) is 1.73. The average molecular weight is 250 g/mol. The van der Waals surface area contributed by atoms with Crippen LogP contribution in [0.1, 0.15) is 18.5 Å². The van der Waals surface area contributed by atoms with Crippen LogP contribution in [0, 0.1) is 0 Å². The standard InChI is InChI=1S/C14H22N2O2/c1-4-18-11-14(17)15-10-13(16(2)3)12-8-6-5-7-9-12/h5-9,13H,4,10-11H2,1-3H3,(H,15,17)/t13-/m0/s1. The second-order valence-electron chi connectivity index (χ2n) is 4.33. The molecule has 1 N–H and O–H groups in total. The summed E-state index contributed by atoms with van der Waals surface area (Å²) in [5.41, 5.74) is 1.19. The molecule has 1 rings (SSSR count). The van der Waals surface area contributed by atoms with Crippen LogP contribution in [0.5, 0.6) is 0 Å². The lowest BCUT2D eigenvalue weighted by Gasteiger charge is -2.25. The molecule has 0 heterocycles. The number of likely N-dealkylation sites (N-methyl/N-ethyl adjacent to an activating group) is 1. The number of ether oxygens (including phenoxy) is 1. The third-order valence-electron chi connectivity index (χ3n) is 2.74. The number of carbonyl (C=O) groups excluding carboxylic acids is 1. The van der Waals surface area contributed by atoms with E-state index in [-0.39, 0.29) is 18.6 Å². The van der Waals surface area contributed by atoms with Crippen molar-refractivity contribution in [2.75, 3.05) is 33.9 Å². The van der Waals surface area contributed by atoms with Gasteiger partial charge in [-0.25, -0.2) is 0 Å². The third kappa shape index (κ3) is 4.85. The van der Waals surface area contributed by atoms with Crippen LogP contribution in [0.3, 0.4) is 0 Å². The highest BCUT2D eigenvalue weighted by atomic mass is 16.5. The molecule has 0 aromatic heterocycles. The van der Waals surface area contributed by atoms with E-state index in [1.54, 1.807) is 0 Å². The number of hydrogen-bond donors (Lipinski definition) is 1. The Hall–Kier alpha value is -1.39. The first kappa shape index (κ1) is 14.7. The molecule has 0 spiro atoms. The van der Waals surface area contributed by atoms with Crippen LogP contribution in [-0.4, -0.2) is 44.7 Å². The lowest BCUT2D eigenvalue weighted by atomic mass is 10.1. The van der Waals surface area contributed by atoms with E-state index in [9.17, 15) is 4.79 Å². The Balaban J connectivity index is 2.52. The molecule has 0 aliphatic carbocycles. The zero-order valence-corrected chi connectivity index (χ0v) is 11.3. The van der Waals surface area contributed by atoms with E-state index in [4.69, 9.17) is 4.74 Å². The Labute approximate surface area is 109 Å². The summed E-state index contributed by atoms with van der Waals surface area (Å²) < 4.78 is 5.07. The van der Waals surface area contributed by atoms with E-state index in [2.05, 4.69) is 22.3 Å². The zero-order valence-electron chi connectivity index (χ0n) is 11.3. The first-order valence-electron chi connectivity index (χ1n) is 6.21. The first-order valence-corrected chi connectivity index (χ1v) is 6.21. The normalized spacial score (nSPS) is 12.4. The largest absolute Gasteiger partial charge is 0.372 e. The lowest BCUT2D eigenvalue weighted by molar-refractivity contribution is -0.125. The topological polar surface area (TPSA) is 41.6 Å². The number of hydrogen-bond acceptors (Lipinski definition) is 3. The summed E-state index contributed by atoms with van der Waals surface area (Å²) in [6.45, 7) is 3.15. The molecule has 0 aliphatic rings. The van der Waals surface area contributed by atoms with Crippen molar-refractivity contribution in [3.63, 3.8) is 0 Å². The maximum Gasteiger partial charge on any atom is 0.246 e. The van der Waals surface area contributed by atoms with E-state index in [0.717, 1.165) is 0 Å². The van der Waals surface area contributed by atoms with Gasteiger partial charge in [-0.3, -0.25) is 4.79 Å². The summed E-state index contributed by atoms with van der Waals surface area (Å²) in [7, 11) is 4.01. The molecule has 0 saturated heterocycles. The van der Waals surface area contributed by atoms with Crippen molar-refractivity contribution in [3.8, 4) is 0 Å². The van der Waals surface area contributed by atoms with E-state index in [1.807, 2.05) is 39.2 Å². The Bertz CT molecular complexity index is 352. The monoisotopic (exact) mass is 250 g/mol. The molecule has 1 amide bonds. The molecule has 0 bridgehead atoms. The van der Waals surface area contributed by atoms with Crippen molar-refractivity contribution >= 4 is 5.91 Å². The summed E-state index contributed by atoms with van der Waals surface area (Å²) in [6, 6.07) is 10.3. The quantitative estimate of drug-likeness (QED) is 0.796. The van der Waals surface area contributed by atoms with Crippen LogP contribution >= 0.6 is 0 Å². The molecular weight excluding hydrogens is 228 g/mol. The fourth-order valence-corrected chi connectivity index (χ4v) is 1.73. The Morgan fingerprint density at radius 3 is 2.56 bits per heavy atom. The minimum Gasteiger partial charge on any atom is -0.372 e. The molecule has 0 aliphatic heterocycles. The first-order chi connectivity index (χ1) is 8.65. The number of rotatable bonds is 7. The highest BCUT2D eigenvalue weighted by Gasteiger charge is 2.14. The van der Waals surface area contributed by atoms with Gasteiger partial charge in [0, 0.05) is 13.2 Å². The Morgan fingerprint density at radius 1 is 1.33 bits per heavy atom. The number of benzene rings is 1. The van der Waals surface area contributed by atoms with Crippen molar-refractivity contribution in [1.82, 2.24) is 10.2 Å². The predicted octanol–water partition coefficient (Wildman–Crippen LogP) is 1.44.